The molecule has 0 bridgehead atoms. The maximum Gasteiger partial charge on any atom is 0.102 e. The summed E-state index contributed by atoms with van der Waals surface area (Å²) in [6, 6.07) is 0.563. The normalized spacial score (nSPS) is 23.6. The van der Waals surface area contributed by atoms with Crippen LogP contribution in [0.2, 0.25) is 0 Å². The number of nitrogens with one attached hydrogen (secondary N) is 1. The van der Waals surface area contributed by atoms with Crippen LogP contribution in [-0.4, -0.2) is 43.8 Å². The molecule has 15 heavy (non-hydrogen) atoms. The zero-order valence-corrected chi connectivity index (χ0v) is 10.1. The maximum atomic E-state index is 12.3. The molecule has 0 aliphatic carbocycles. The molecule has 90 valence electrons. The van der Waals surface area contributed by atoms with Crippen LogP contribution >= 0.6 is 0 Å². The van der Waals surface area contributed by atoms with Gasteiger partial charge in [0.1, 0.15) is 6.67 Å². The van der Waals surface area contributed by atoms with Crippen molar-refractivity contribution in [1.29, 1.82) is 0 Å². The maximum absolute atomic E-state index is 12.3. The van der Waals surface area contributed by atoms with E-state index >= 15 is 0 Å². The molecular formula is C12H25FN2. The van der Waals surface area contributed by atoms with Crippen LogP contribution < -0.4 is 5.32 Å². The van der Waals surface area contributed by atoms with E-state index in [1.165, 1.54) is 19.3 Å². The second-order valence-electron chi connectivity index (χ2n) is 4.93. The molecule has 1 fully saturated rings. The first-order valence-electron chi connectivity index (χ1n) is 6.24. The Morgan fingerprint density at radius 2 is 2.20 bits per heavy atom. The molecule has 1 rings (SSSR count). The predicted octanol–water partition coefficient (Wildman–Crippen LogP) is 2.06. The van der Waals surface area contributed by atoms with Gasteiger partial charge in [0.15, 0.2) is 0 Å². The van der Waals surface area contributed by atoms with E-state index in [4.69, 9.17) is 0 Å². The Bertz CT molecular complexity index is 160. The lowest BCUT2D eigenvalue weighted by atomic mass is 10.0. The van der Waals surface area contributed by atoms with Crippen LogP contribution in [0, 0.1) is 5.92 Å². The molecule has 0 spiro atoms. The van der Waals surface area contributed by atoms with Gasteiger partial charge in [-0.25, -0.2) is 4.39 Å². The standard InChI is InChI=1S/C12H25FN2/c1-11(2)9-14-10-12-5-3-4-7-15(12)8-6-13/h11-12,14H,3-10H2,1-2H3. The van der Waals surface area contributed by atoms with Crippen LogP contribution in [0.3, 0.4) is 0 Å². The molecule has 1 aliphatic heterocycles. The third-order valence-corrected chi connectivity index (χ3v) is 3.05. The Morgan fingerprint density at radius 3 is 2.87 bits per heavy atom. The average molecular weight is 216 g/mol. The van der Waals surface area contributed by atoms with Gasteiger partial charge < -0.3 is 5.32 Å². The number of nitrogens with zero attached hydrogens (tertiary/aromatic N) is 1. The number of halogens is 1. The summed E-state index contributed by atoms with van der Waals surface area (Å²) in [5, 5.41) is 3.48. The predicted molar refractivity (Wildman–Crippen MR) is 62.9 cm³/mol. The average Bonchev–Trinajstić information content (AvgIpc) is 2.20. The number of likely N-dealkylation sites (tertiary alicyclic amines) is 1. The van der Waals surface area contributed by atoms with Gasteiger partial charge in [0.2, 0.25) is 0 Å². The van der Waals surface area contributed by atoms with E-state index < -0.39 is 0 Å². The Labute approximate surface area is 93.2 Å². The first-order chi connectivity index (χ1) is 7.24. The molecule has 1 unspecified atom stereocenters. The highest BCUT2D eigenvalue weighted by molar-refractivity contribution is 4.78. The monoisotopic (exact) mass is 216 g/mol. The third kappa shape index (κ3) is 4.94. The van der Waals surface area contributed by atoms with Crippen molar-refractivity contribution in [1.82, 2.24) is 10.2 Å². The summed E-state index contributed by atoms with van der Waals surface area (Å²) in [5.41, 5.74) is 0. The SMILES string of the molecule is CC(C)CNCC1CCCCN1CCF. The molecule has 0 saturated carbocycles. The highest BCUT2D eigenvalue weighted by atomic mass is 19.1. The Balaban J connectivity index is 2.23. The number of hydrogen-bond donors (Lipinski definition) is 1. The quantitative estimate of drug-likeness (QED) is 0.731. The summed E-state index contributed by atoms with van der Waals surface area (Å²) in [4.78, 5) is 2.30. The minimum atomic E-state index is -0.208. The fraction of sp³-hybridized carbons (Fsp3) is 1.00. The van der Waals surface area contributed by atoms with E-state index in [0.717, 1.165) is 19.6 Å². The first-order valence-corrected chi connectivity index (χ1v) is 6.24. The van der Waals surface area contributed by atoms with Crippen molar-refractivity contribution >= 4 is 0 Å². The summed E-state index contributed by atoms with van der Waals surface area (Å²) in [6.07, 6.45) is 3.77. The van der Waals surface area contributed by atoms with Gasteiger partial charge in [-0.3, -0.25) is 4.90 Å². The summed E-state index contributed by atoms with van der Waals surface area (Å²) >= 11 is 0. The first kappa shape index (κ1) is 12.9. The summed E-state index contributed by atoms with van der Waals surface area (Å²) < 4.78 is 12.3. The van der Waals surface area contributed by atoms with E-state index in [1.54, 1.807) is 0 Å². The van der Waals surface area contributed by atoms with Crippen molar-refractivity contribution in [2.45, 2.75) is 39.2 Å². The van der Waals surface area contributed by atoms with Crippen molar-refractivity contribution in [3.8, 4) is 0 Å². The second-order valence-corrected chi connectivity index (χ2v) is 4.93. The van der Waals surface area contributed by atoms with Crippen LogP contribution in [0.5, 0.6) is 0 Å². The number of alkyl halides is 1. The molecule has 2 nitrogen and oxygen atoms in total. The highest BCUT2D eigenvalue weighted by Crippen LogP contribution is 2.15. The molecule has 1 saturated heterocycles. The van der Waals surface area contributed by atoms with Crippen molar-refractivity contribution in [2.75, 3.05) is 32.9 Å². The smallest absolute Gasteiger partial charge is 0.102 e. The van der Waals surface area contributed by atoms with Gasteiger partial charge in [-0.1, -0.05) is 20.3 Å². The van der Waals surface area contributed by atoms with Crippen LogP contribution in [-0.2, 0) is 0 Å². The van der Waals surface area contributed by atoms with Gasteiger partial charge >= 0.3 is 0 Å². The Hall–Kier alpha value is -0.150. The lowest BCUT2D eigenvalue weighted by Gasteiger charge is -2.35. The molecule has 0 aromatic heterocycles. The number of rotatable bonds is 6. The summed E-state index contributed by atoms with van der Waals surface area (Å²) in [6.45, 7) is 8.02. The van der Waals surface area contributed by atoms with E-state index in [-0.39, 0.29) is 6.67 Å². The topological polar surface area (TPSA) is 15.3 Å². The fourth-order valence-corrected chi connectivity index (χ4v) is 2.23. The summed E-state index contributed by atoms with van der Waals surface area (Å²) in [7, 11) is 0. The van der Waals surface area contributed by atoms with Crippen molar-refractivity contribution in [3.05, 3.63) is 0 Å². The van der Waals surface area contributed by atoms with Crippen molar-refractivity contribution < 1.29 is 4.39 Å². The molecule has 1 N–H and O–H groups in total. The van der Waals surface area contributed by atoms with Gasteiger partial charge in [0.05, 0.1) is 0 Å². The lowest BCUT2D eigenvalue weighted by Crippen LogP contribution is -2.46. The van der Waals surface area contributed by atoms with Crippen LogP contribution in [0.1, 0.15) is 33.1 Å². The van der Waals surface area contributed by atoms with Crippen molar-refractivity contribution in [3.63, 3.8) is 0 Å². The number of hydrogen-bond acceptors (Lipinski definition) is 2. The van der Waals surface area contributed by atoms with Gasteiger partial charge in [-0.15, -0.1) is 0 Å². The minimum absolute atomic E-state index is 0.208. The van der Waals surface area contributed by atoms with E-state index in [1.807, 2.05) is 0 Å². The van der Waals surface area contributed by atoms with Gasteiger partial charge in [-0.2, -0.15) is 0 Å². The zero-order chi connectivity index (χ0) is 11.1. The van der Waals surface area contributed by atoms with Crippen LogP contribution in [0.15, 0.2) is 0 Å². The van der Waals surface area contributed by atoms with E-state index in [2.05, 4.69) is 24.1 Å². The molecule has 1 heterocycles. The third-order valence-electron chi connectivity index (χ3n) is 3.05. The summed E-state index contributed by atoms with van der Waals surface area (Å²) in [5.74, 6) is 0.697. The molecule has 0 aromatic rings. The molecular weight excluding hydrogens is 191 g/mol. The molecule has 1 aliphatic rings. The fourth-order valence-electron chi connectivity index (χ4n) is 2.23. The second kappa shape index (κ2) is 7.18. The Morgan fingerprint density at radius 1 is 1.40 bits per heavy atom. The van der Waals surface area contributed by atoms with Gasteiger partial charge in [-0.05, 0) is 31.8 Å². The van der Waals surface area contributed by atoms with Gasteiger partial charge in [0, 0.05) is 19.1 Å². The number of piperidine rings is 1. The van der Waals surface area contributed by atoms with Crippen LogP contribution in [0.4, 0.5) is 4.39 Å². The molecule has 0 amide bonds. The lowest BCUT2D eigenvalue weighted by molar-refractivity contribution is 0.135. The minimum Gasteiger partial charge on any atom is -0.315 e. The molecule has 3 heteroatoms. The molecule has 0 aromatic carbocycles. The largest absolute Gasteiger partial charge is 0.315 e. The molecule has 0 radical (unpaired) electrons. The van der Waals surface area contributed by atoms with Gasteiger partial charge in [0.25, 0.3) is 0 Å². The van der Waals surface area contributed by atoms with Crippen molar-refractivity contribution in [2.24, 2.45) is 5.92 Å². The van der Waals surface area contributed by atoms with Crippen LogP contribution in [0.25, 0.3) is 0 Å². The Kier molecular flexibility index (Phi) is 6.18. The highest BCUT2D eigenvalue weighted by Gasteiger charge is 2.21. The van der Waals surface area contributed by atoms with E-state index in [0.29, 0.717) is 18.5 Å². The zero-order valence-electron chi connectivity index (χ0n) is 10.1. The van der Waals surface area contributed by atoms with E-state index in [9.17, 15) is 4.39 Å². The molecule has 1 atom stereocenters.